The SMILES string of the molecule is CCn1cc([C@H]2CN(C(=O)Nc3cccnn3)CCO2)cn1. The Labute approximate surface area is 128 Å². The Balaban J connectivity index is 1.63. The van der Waals surface area contributed by atoms with E-state index in [0.717, 1.165) is 12.1 Å². The van der Waals surface area contributed by atoms with E-state index in [4.69, 9.17) is 4.74 Å². The van der Waals surface area contributed by atoms with Crippen LogP contribution in [0.3, 0.4) is 0 Å². The van der Waals surface area contributed by atoms with E-state index in [2.05, 4.69) is 20.6 Å². The fourth-order valence-electron chi connectivity index (χ4n) is 2.31. The molecule has 0 unspecified atom stereocenters. The fraction of sp³-hybridized carbons (Fsp3) is 0.429. The van der Waals surface area contributed by atoms with Crippen LogP contribution in [-0.4, -0.2) is 50.6 Å². The van der Waals surface area contributed by atoms with Gasteiger partial charge in [0.25, 0.3) is 0 Å². The Bertz CT molecular complexity index is 629. The normalized spacial score (nSPS) is 18.2. The Kier molecular flexibility index (Phi) is 4.29. The number of carbonyl (C=O) groups is 1. The maximum absolute atomic E-state index is 12.3. The van der Waals surface area contributed by atoms with Crippen LogP contribution in [0.2, 0.25) is 0 Å². The van der Waals surface area contributed by atoms with Crippen molar-refractivity contribution in [1.29, 1.82) is 0 Å². The highest BCUT2D eigenvalue weighted by Crippen LogP contribution is 2.22. The van der Waals surface area contributed by atoms with Gasteiger partial charge in [-0.25, -0.2) is 4.79 Å². The molecule has 1 aliphatic heterocycles. The topological polar surface area (TPSA) is 85.2 Å². The molecule has 1 fully saturated rings. The lowest BCUT2D eigenvalue weighted by atomic mass is 10.1. The highest BCUT2D eigenvalue weighted by molar-refractivity contribution is 5.88. The molecule has 3 heterocycles. The number of anilines is 1. The third kappa shape index (κ3) is 3.22. The lowest BCUT2D eigenvalue weighted by molar-refractivity contribution is -0.0135. The number of amides is 2. The Hall–Kier alpha value is -2.48. The largest absolute Gasteiger partial charge is 0.370 e. The molecule has 116 valence electrons. The summed E-state index contributed by atoms with van der Waals surface area (Å²) in [6.07, 6.45) is 5.15. The number of morpholine rings is 1. The predicted octanol–water partition coefficient (Wildman–Crippen LogP) is 1.30. The minimum Gasteiger partial charge on any atom is -0.370 e. The molecule has 0 saturated carbocycles. The van der Waals surface area contributed by atoms with E-state index in [1.165, 1.54) is 0 Å². The van der Waals surface area contributed by atoms with Crippen molar-refractivity contribution in [3.63, 3.8) is 0 Å². The highest BCUT2D eigenvalue weighted by atomic mass is 16.5. The van der Waals surface area contributed by atoms with Crippen LogP contribution in [0.4, 0.5) is 10.6 Å². The van der Waals surface area contributed by atoms with Gasteiger partial charge in [-0.1, -0.05) is 0 Å². The van der Waals surface area contributed by atoms with Crippen LogP contribution in [0.5, 0.6) is 0 Å². The van der Waals surface area contributed by atoms with Gasteiger partial charge in [-0.3, -0.25) is 10.00 Å². The molecule has 1 atom stereocenters. The quantitative estimate of drug-likeness (QED) is 0.923. The summed E-state index contributed by atoms with van der Waals surface area (Å²) < 4.78 is 7.59. The maximum Gasteiger partial charge on any atom is 0.323 e. The molecule has 0 spiro atoms. The first kappa shape index (κ1) is 14.5. The van der Waals surface area contributed by atoms with Crippen LogP contribution >= 0.6 is 0 Å². The van der Waals surface area contributed by atoms with Crippen molar-refractivity contribution >= 4 is 11.8 Å². The zero-order valence-corrected chi connectivity index (χ0v) is 12.3. The molecule has 8 heteroatoms. The van der Waals surface area contributed by atoms with Crippen LogP contribution < -0.4 is 5.32 Å². The summed E-state index contributed by atoms with van der Waals surface area (Å²) in [6.45, 7) is 4.37. The molecule has 2 amide bonds. The standard InChI is InChI=1S/C14H18N6O2/c1-2-20-9-11(8-16-20)12-10-19(6-7-22-12)14(21)17-13-4-3-5-15-18-13/h3-5,8-9,12H,2,6-7,10H2,1H3,(H,17,18,21)/t12-/m1/s1. The molecule has 0 aromatic carbocycles. The maximum atomic E-state index is 12.3. The smallest absolute Gasteiger partial charge is 0.323 e. The van der Waals surface area contributed by atoms with Gasteiger partial charge in [-0.2, -0.15) is 10.2 Å². The van der Waals surface area contributed by atoms with E-state index < -0.39 is 0 Å². The second kappa shape index (κ2) is 6.52. The van der Waals surface area contributed by atoms with Gasteiger partial charge in [-0.05, 0) is 19.1 Å². The van der Waals surface area contributed by atoms with Crippen molar-refractivity contribution in [1.82, 2.24) is 24.9 Å². The van der Waals surface area contributed by atoms with Crippen molar-refractivity contribution in [2.75, 3.05) is 25.0 Å². The van der Waals surface area contributed by atoms with Crippen molar-refractivity contribution in [3.8, 4) is 0 Å². The Morgan fingerprint density at radius 3 is 3.18 bits per heavy atom. The second-order valence-corrected chi connectivity index (χ2v) is 4.97. The number of rotatable bonds is 3. The van der Waals surface area contributed by atoms with Gasteiger partial charge in [0.1, 0.15) is 6.10 Å². The molecule has 2 aromatic heterocycles. The van der Waals surface area contributed by atoms with Crippen molar-refractivity contribution in [2.24, 2.45) is 0 Å². The lowest BCUT2D eigenvalue weighted by Gasteiger charge is -2.32. The number of aryl methyl sites for hydroxylation is 1. The number of hydrogen-bond donors (Lipinski definition) is 1. The monoisotopic (exact) mass is 302 g/mol. The van der Waals surface area contributed by atoms with Crippen LogP contribution in [0.15, 0.2) is 30.7 Å². The van der Waals surface area contributed by atoms with E-state index in [1.807, 2.05) is 17.8 Å². The number of aromatic nitrogens is 4. The average Bonchev–Trinajstić information content (AvgIpc) is 3.05. The lowest BCUT2D eigenvalue weighted by Crippen LogP contribution is -2.44. The first-order valence-corrected chi connectivity index (χ1v) is 7.24. The van der Waals surface area contributed by atoms with Crippen molar-refractivity contribution in [2.45, 2.75) is 19.6 Å². The predicted molar refractivity (Wildman–Crippen MR) is 79.2 cm³/mol. The Morgan fingerprint density at radius 2 is 2.45 bits per heavy atom. The molecule has 0 aliphatic carbocycles. The van der Waals surface area contributed by atoms with Gasteiger partial charge >= 0.3 is 6.03 Å². The first-order valence-electron chi connectivity index (χ1n) is 7.24. The number of carbonyl (C=O) groups excluding carboxylic acids is 1. The van der Waals surface area contributed by atoms with Crippen molar-refractivity contribution in [3.05, 3.63) is 36.3 Å². The zero-order chi connectivity index (χ0) is 15.4. The number of nitrogens with zero attached hydrogens (tertiary/aromatic N) is 5. The molecule has 0 bridgehead atoms. The molecule has 8 nitrogen and oxygen atoms in total. The summed E-state index contributed by atoms with van der Waals surface area (Å²) in [4.78, 5) is 14.0. The number of nitrogens with one attached hydrogen (secondary N) is 1. The van der Waals surface area contributed by atoms with Gasteiger partial charge < -0.3 is 9.64 Å². The van der Waals surface area contributed by atoms with Gasteiger partial charge in [0, 0.05) is 31.0 Å². The molecule has 1 N–H and O–H groups in total. The minimum atomic E-state index is -0.198. The number of ether oxygens (including phenoxy) is 1. The summed E-state index contributed by atoms with van der Waals surface area (Å²) in [7, 11) is 0. The highest BCUT2D eigenvalue weighted by Gasteiger charge is 2.26. The van der Waals surface area contributed by atoms with E-state index in [0.29, 0.717) is 25.5 Å². The first-order chi connectivity index (χ1) is 10.8. The summed E-state index contributed by atoms with van der Waals surface area (Å²) in [5.41, 5.74) is 0.985. The molecule has 22 heavy (non-hydrogen) atoms. The minimum absolute atomic E-state index is 0.151. The van der Waals surface area contributed by atoms with Crippen LogP contribution in [0, 0.1) is 0 Å². The van der Waals surface area contributed by atoms with E-state index in [-0.39, 0.29) is 12.1 Å². The number of hydrogen-bond acceptors (Lipinski definition) is 5. The Morgan fingerprint density at radius 1 is 1.55 bits per heavy atom. The summed E-state index contributed by atoms with van der Waals surface area (Å²) >= 11 is 0. The third-order valence-electron chi connectivity index (χ3n) is 3.51. The van der Waals surface area contributed by atoms with Gasteiger partial charge in [0.05, 0.1) is 19.3 Å². The molecule has 2 aromatic rings. The molecular weight excluding hydrogens is 284 g/mol. The van der Waals surface area contributed by atoms with E-state index in [1.54, 1.807) is 29.4 Å². The van der Waals surface area contributed by atoms with Gasteiger partial charge in [-0.15, -0.1) is 5.10 Å². The van der Waals surface area contributed by atoms with Gasteiger partial charge in [0.2, 0.25) is 0 Å². The van der Waals surface area contributed by atoms with Crippen LogP contribution in [-0.2, 0) is 11.3 Å². The third-order valence-corrected chi connectivity index (χ3v) is 3.51. The number of urea groups is 1. The zero-order valence-electron chi connectivity index (χ0n) is 12.3. The molecule has 3 rings (SSSR count). The molecule has 0 radical (unpaired) electrons. The summed E-state index contributed by atoms with van der Waals surface area (Å²) in [6, 6.07) is 3.23. The van der Waals surface area contributed by atoms with Crippen LogP contribution in [0.25, 0.3) is 0 Å². The molecule has 1 aliphatic rings. The van der Waals surface area contributed by atoms with Crippen molar-refractivity contribution < 1.29 is 9.53 Å². The fourth-order valence-corrected chi connectivity index (χ4v) is 2.31. The summed E-state index contributed by atoms with van der Waals surface area (Å²) in [5.74, 6) is 0.439. The average molecular weight is 302 g/mol. The molecular formula is C14H18N6O2. The van der Waals surface area contributed by atoms with E-state index >= 15 is 0 Å². The van der Waals surface area contributed by atoms with Gasteiger partial charge in [0.15, 0.2) is 5.82 Å². The van der Waals surface area contributed by atoms with E-state index in [9.17, 15) is 4.79 Å². The molecule has 1 saturated heterocycles. The second-order valence-electron chi connectivity index (χ2n) is 4.97. The van der Waals surface area contributed by atoms with Crippen LogP contribution in [0.1, 0.15) is 18.6 Å². The summed E-state index contributed by atoms with van der Waals surface area (Å²) in [5, 5.41) is 14.6.